The van der Waals surface area contributed by atoms with Crippen LogP contribution in [0.2, 0.25) is 0 Å². The van der Waals surface area contributed by atoms with Crippen LogP contribution in [0.5, 0.6) is 0 Å². The lowest BCUT2D eigenvalue weighted by Crippen LogP contribution is -3.25. The van der Waals surface area contributed by atoms with Gasteiger partial charge in [-0.25, -0.2) is 0 Å². The van der Waals surface area contributed by atoms with Gasteiger partial charge in [0, 0.05) is 12.1 Å². The highest BCUT2D eigenvalue weighted by Crippen LogP contribution is 2.49. The fraction of sp³-hybridized carbons (Fsp3) is 0.600. The van der Waals surface area contributed by atoms with Crippen LogP contribution < -0.4 is 9.91 Å². The van der Waals surface area contributed by atoms with E-state index in [0.29, 0.717) is 5.92 Å². The van der Waals surface area contributed by atoms with E-state index < -0.39 is 0 Å². The Bertz CT molecular complexity index is 818. The molecule has 5 rings (SSSR count). The maximum atomic E-state index is 11.1. The number of non-ortho nitro benzene ring substituents is 1. The molecule has 0 spiro atoms. The van der Waals surface area contributed by atoms with E-state index in [0.717, 1.165) is 57.7 Å². The predicted molar refractivity (Wildman–Crippen MR) is 103 cm³/mol. The average molecular weight is 384 g/mol. The first kappa shape index (κ1) is 17.8. The number of allylic oxidation sites excluding steroid dienone is 1. The van der Waals surface area contributed by atoms with Crippen molar-refractivity contribution in [2.45, 2.75) is 43.8 Å². The molecule has 0 aromatic heterocycles. The third-order valence-electron chi connectivity index (χ3n) is 6.89. The van der Waals surface area contributed by atoms with Gasteiger partial charge in [0.25, 0.3) is 5.69 Å². The molecule has 2 aliphatic carbocycles. The number of anilines is 1. The van der Waals surface area contributed by atoms with Crippen molar-refractivity contribution in [1.29, 1.82) is 0 Å². The van der Waals surface area contributed by atoms with Gasteiger partial charge in [-0.3, -0.25) is 10.1 Å². The zero-order chi connectivity index (χ0) is 19.1. The van der Waals surface area contributed by atoms with Crippen LogP contribution in [0.3, 0.4) is 0 Å². The van der Waals surface area contributed by atoms with Crippen molar-refractivity contribution < 1.29 is 14.6 Å². The molecule has 148 valence electrons. The zero-order valence-electron chi connectivity index (χ0n) is 15.9. The summed E-state index contributed by atoms with van der Waals surface area (Å²) in [5.74, 6) is 0.415. The lowest BCUT2D eigenvalue weighted by molar-refractivity contribution is -0.961. The van der Waals surface area contributed by atoms with Gasteiger partial charge in [0.2, 0.25) is 5.66 Å². The number of nitro benzene ring substituents is 1. The Hall–Kier alpha value is -2.32. The average Bonchev–Trinajstić information content (AvgIpc) is 3.44. The second-order valence-corrected chi connectivity index (χ2v) is 8.15. The molecule has 0 radical (unpaired) electrons. The summed E-state index contributed by atoms with van der Waals surface area (Å²) >= 11 is 0. The molecule has 2 heterocycles. The summed E-state index contributed by atoms with van der Waals surface area (Å²) in [6.45, 7) is 3.39. The Morgan fingerprint density at radius 2 is 2.00 bits per heavy atom. The molecule has 8 heteroatoms. The SMILES string of the molecule is O=[N+]([O-])c1ccc(N2N=N[C@H]3CC[C@H](C4=CCCC4)[C@@]32[NH+]2CCOCC2)cc1. The molecule has 1 saturated carbocycles. The van der Waals surface area contributed by atoms with E-state index >= 15 is 0 Å². The normalized spacial score (nSPS) is 32.6. The van der Waals surface area contributed by atoms with Crippen molar-refractivity contribution in [3.8, 4) is 0 Å². The van der Waals surface area contributed by atoms with Crippen LogP contribution in [0.4, 0.5) is 11.4 Å². The first-order chi connectivity index (χ1) is 13.7. The Morgan fingerprint density at radius 1 is 1.21 bits per heavy atom. The number of rotatable bonds is 4. The number of fused-ring (bicyclic) bond motifs is 1. The van der Waals surface area contributed by atoms with Gasteiger partial charge in [-0.2, -0.15) is 10.1 Å². The summed E-state index contributed by atoms with van der Waals surface area (Å²) in [6, 6.07) is 6.93. The summed E-state index contributed by atoms with van der Waals surface area (Å²) in [6.07, 6.45) is 8.16. The molecule has 0 unspecified atom stereocenters. The largest absolute Gasteiger partial charge is 0.370 e. The molecular formula is C20H26N5O3+. The van der Waals surface area contributed by atoms with E-state index in [4.69, 9.17) is 9.85 Å². The van der Waals surface area contributed by atoms with Crippen LogP contribution >= 0.6 is 0 Å². The van der Waals surface area contributed by atoms with E-state index in [1.165, 1.54) is 11.3 Å². The van der Waals surface area contributed by atoms with Gasteiger partial charge in [0.1, 0.15) is 19.1 Å². The van der Waals surface area contributed by atoms with Gasteiger partial charge in [-0.05, 0) is 44.2 Å². The zero-order valence-corrected chi connectivity index (χ0v) is 15.9. The van der Waals surface area contributed by atoms with Crippen LogP contribution in [0, 0.1) is 16.0 Å². The smallest absolute Gasteiger partial charge is 0.269 e. The lowest BCUT2D eigenvalue weighted by atomic mass is 9.84. The summed E-state index contributed by atoms with van der Waals surface area (Å²) in [7, 11) is 0. The van der Waals surface area contributed by atoms with E-state index in [1.807, 2.05) is 12.1 Å². The minimum atomic E-state index is -0.358. The van der Waals surface area contributed by atoms with Gasteiger partial charge in [-0.1, -0.05) is 16.9 Å². The van der Waals surface area contributed by atoms with Crippen LogP contribution in [-0.2, 0) is 4.74 Å². The molecule has 28 heavy (non-hydrogen) atoms. The number of hydrogen-bond donors (Lipinski definition) is 1. The molecule has 3 atom stereocenters. The molecule has 1 saturated heterocycles. The lowest BCUT2D eigenvalue weighted by Gasteiger charge is -2.47. The second-order valence-electron chi connectivity index (χ2n) is 8.15. The quantitative estimate of drug-likeness (QED) is 0.490. The highest BCUT2D eigenvalue weighted by atomic mass is 16.6. The Kier molecular flexibility index (Phi) is 4.40. The fourth-order valence-corrected chi connectivity index (χ4v) is 5.73. The molecule has 1 aromatic carbocycles. The summed E-state index contributed by atoms with van der Waals surface area (Å²) < 4.78 is 5.66. The number of benzene rings is 1. The molecule has 1 aromatic rings. The van der Waals surface area contributed by atoms with E-state index in [2.05, 4.69) is 16.3 Å². The van der Waals surface area contributed by atoms with Gasteiger partial charge >= 0.3 is 0 Å². The number of nitrogens with zero attached hydrogens (tertiary/aromatic N) is 4. The summed E-state index contributed by atoms with van der Waals surface area (Å²) in [5.41, 5.74) is 2.31. The first-order valence-electron chi connectivity index (χ1n) is 10.3. The Balaban J connectivity index is 1.58. The van der Waals surface area contributed by atoms with E-state index in [9.17, 15) is 10.1 Å². The van der Waals surface area contributed by atoms with Crippen molar-refractivity contribution in [1.82, 2.24) is 0 Å². The van der Waals surface area contributed by atoms with Gasteiger partial charge in [-0.15, -0.1) is 0 Å². The minimum Gasteiger partial charge on any atom is -0.370 e. The number of quaternary nitrogens is 1. The number of nitro groups is 1. The number of morpholine rings is 1. The molecule has 8 nitrogen and oxygen atoms in total. The van der Waals surface area contributed by atoms with Crippen LogP contribution in [0.15, 0.2) is 46.3 Å². The Labute approximate surface area is 164 Å². The van der Waals surface area contributed by atoms with Crippen LogP contribution in [0.25, 0.3) is 0 Å². The maximum Gasteiger partial charge on any atom is 0.269 e. The molecular weight excluding hydrogens is 358 g/mol. The molecule has 2 fully saturated rings. The fourth-order valence-electron chi connectivity index (χ4n) is 5.73. The topological polar surface area (TPSA) is 84.8 Å². The third-order valence-corrected chi connectivity index (χ3v) is 6.89. The molecule has 2 aliphatic heterocycles. The molecule has 1 N–H and O–H groups in total. The molecule has 0 bridgehead atoms. The van der Waals surface area contributed by atoms with Crippen molar-refractivity contribution in [2.24, 2.45) is 16.3 Å². The van der Waals surface area contributed by atoms with Crippen LogP contribution in [-0.4, -0.2) is 42.9 Å². The number of ether oxygens (including phenoxy) is 1. The highest BCUT2D eigenvalue weighted by Gasteiger charge is 2.66. The number of hydrogen-bond acceptors (Lipinski definition) is 6. The van der Waals surface area contributed by atoms with Gasteiger partial charge in [0.15, 0.2) is 0 Å². The number of nitrogens with one attached hydrogen (secondary N) is 1. The standard InChI is InChI=1S/C20H25N5O3/c26-25(27)17-7-5-16(6-8-17)24-20(23-11-13-28-14-12-23)18(15-3-1-2-4-15)9-10-19(20)21-22-24/h3,5-8,18-19H,1-2,4,9-14H2/p+1/t18-,19+,20+/m1/s1. The van der Waals surface area contributed by atoms with E-state index in [-0.39, 0.29) is 22.3 Å². The molecule has 0 amide bonds. The Morgan fingerprint density at radius 3 is 2.68 bits per heavy atom. The highest BCUT2D eigenvalue weighted by molar-refractivity contribution is 5.53. The first-order valence-corrected chi connectivity index (χ1v) is 10.3. The van der Waals surface area contributed by atoms with Crippen molar-refractivity contribution in [3.63, 3.8) is 0 Å². The van der Waals surface area contributed by atoms with Gasteiger partial charge < -0.3 is 9.64 Å². The predicted octanol–water partition coefficient (Wildman–Crippen LogP) is 2.28. The summed E-state index contributed by atoms with van der Waals surface area (Å²) in [4.78, 5) is 12.2. The molecule has 4 aliphatic rings. The summed E-state index contributed by atoms with van der Waals surface area (Å²) in [5, 5.41) is 22.5. The van der Waals surface area contributed by atoms with Crippen LogP contribution in [0.1, 0.15) is 32.1 Å². The second kappa shape index (κ2) is 6.93. The van der Waals surface area contributed by atoms with Gasteiger partial charge in [0.05, 0.1) is 29.7 Å². The minimum absolute atomic E-state index is 0.102. The van der Waals surface area contributed by atoms with E-state index in [1.54, 1.807) is 17.7 Å². The third kappa shape index (κ3) is 2.58. The van der Waals surface area contributed by atoms with Crippen molar-refractivity contribution in [3.05, 3.63) is 46.0 Å². The van der Waals surface area contributed by atoms with Crippen molar-refractivity contribution >= 4 is 11.4 Å². The van der Waals surface area contributed by atoms with Crippen molar-refractivity contribution in [2.75, 3.05) is 31.3 Å². The maximum absolute atomic E-state index is 11.1. The monoisotopic (exact) mass is 384 g/mol.